The first-order valence-corrected chi connectivity index (χ1v) is 7.89. The molecule has 1 saturated carbocycles. The average Bonchev–Trinajstić information content (AvgIpc) is 2.93. The van der Waals surface area contributed by atoms with E-state index in [1.165, 1.54) is 10.6 Å². The van der Waals surface area contributed by atoms with Gasteiger partial charge in [-0.05, 0) is 40.9 Å². The Morgan fingerprint density at radius 1 is 1.23 bits per heavy atom. The molecule has 1 aromatic heterocycles. The third-order valence-electron chi connectivity index (χ3n) is 4.83. The average molecular weight is 373 g/mol. The van der Waals surface area contributed by atoms with Crippen molar-refractivity contribution < 1.29 is 13.2 Å². The molecular weight excluding hydrogens is 361 g/mol. The number of benzene rings is 1. The first-order valence-electron chi connectivity index (χ1n) is 7.09. The van der Waals surface area contributed by atoms with Gasteiger partial charge in [0.15, 0.2) is 0 Å². The number of alkyl halides is 2. The highest BCUT2D eigenvalue weighted by Crippen LogP contribution is 2.52. The minimum atomic E-state index is -2.71. The van der Waals surface area contributed by atoms with Gasteiger partial charge in [-0.15, -0.1) is 0 Å². The molecule has 2 aromatic rings. The van der Waals surface area contributed by atoms with Crippen LogP contribution in [-0.4, -0.2) is 15.5 Å². The van der Waals surface area contributed by atoms with Crippen LogP contribution in [0.15, 0.2) is 21.4 Å². The SMILES string of the molecule is O=c1c2cc(F)cc(Br)c2nc2n1CCC21CCC(F)(F)C1. The molecule has 2 heterocycles. The summed E-state index contributed by atoms with van der Waals surface area (Å²) in [7, 11) is 0. The molecule has 22 heavy (non-hydrogen) atoms. The molecule has 1 spiro atoms. The molecule has 4 rings (SSSR count). The van der Waals surface area contributed by atoms with Crippen molar-refractivity contribution in [3.8, 4) is 0 Å². The molecule has 116 valence electrons. The number of aromatic nitrogens is 2. The molecule has 0 saturated heterocycles. The van der Waals surface area contributed by atoms with Crippen LogP contribution < -0.4 is 5.56 Å². The third-order valence-corrected chi connectivity index (χ3v) is 5.44. The van der Waals surface area contributed by atoms with Crippen molar-refractivity contribution in [2.75, 3.05) is 0 Å². The summed E-state index contributed by atoms with van der Waals surface area (Å²) < 4.78 is 42.7. The maximum atomic E-state index is 13.7. The standard InChI is InChI=1S/C15H12BrF3N2O/c16-10-6-8(17)5-9-11(10)20-13-14(1-2-15(18,19)7-14)3-4-21(13)12(9)22/h5-6H,1-4,7H2. The summed E-state index contributed by atoms with van der Waals surface area (Å²) in [5.41, 5.74) is -0.744. The maximum Gasteiger partial charge on any atom is 0.261 e. The Morgan fingerprint density at radius 3 is 2.68 bits per heavy atom. The van der Waals surface area contributed by atoms with Gasteiger partial charge in [-0.1, -0.05) is 0 Å². The van der Waals surface area contributed by atoms with Crippen molar-refractivity contribution >= 4 is 26.8 Å². The lowest BCUT2D eigenvalue weighted by Crippen LogP contribution is -2.28. The molecule has 1 aliphatic heterocycles. The van der Waals surface area contributed by atoms with Gasteiger partial charge in [-0.2, -0.15) is 0 Å². The van der Waals surface area contributed by atoms with Gasteiger partial charge in [0, 0.05) is 29.3 Å². The Kier molecular flexibility index (Phi) is 2.81. The van der Waals surface area contributed by atoms with Gasteiger partial charge in [-0.25, -0.2) is 18.2 Å². The van der Waals surface area contributed by atoms with Gasteiger partial charge in [0.25, 0.3) is 5.56 Å². The summed E-state index contributed by atoms with van der Waals surface area (Å²) >= 11 is 3.21. The molecule has 1 aliphatic carbocycles. The van der Waals surface area contributed by atoms with E-state index in [4.69, 9.17) is 0 Å². The molecule has 3 nitrogen and oxygen atoms in total. The molecule has 7 heteroatoms. The number of hydrogen-bond donors (Lipinski definition) is 0. The van der Waals surface area contributed by atoms with E-state index in [-0.39, 0.29) is 23.8 Å². The van der Waals surface area contributed by atoms with Crippen molar-refractivity contribution in [3.63, 3.8) is 0 Å². The Bertz CT molecular complexity index is 864. The monoisotopic (exact) mass is 372 g/mol. The smallest absolute Gasteiger partial charge is 0.261 e. The van der Waals surface area contributed by atoms with Crippen molar-refractivity contribution in [2.45, 2.75) is 43.6 Å². The second kappa shape index (κ2) is 4.34. The van der Waals surface area contributed by atoms with Crippen molar-refractivity contribution in [2.24, 2.45) is 0 Å². The lowest BCUT2D eigenvalue weighted by molar-refractivity contribution is 0.00242. The van der Waals surface area contributed by atoms with Crippen LogP contribution >= 0.6 is 15.9 Å². The number of halogens is 4. The Labute approximate surface area is 132 Å². The summed E-state index contributed by atoms with van der Waals surface area (Å²) in [5.74, 6) is -2.81. The molecule has 1 unspecified atom stereocenters. The van der Waals surface area contributed by atoms with E-state index in [0.29, 0.717) is 35.2 Å². The summed E-state index contributed by atoms with van der Waals surface area (Å²) in [4.78, 5) is 17.0. The molecule has 1 fully saturated rings. The highest BCUT2D eigenvalue weighted by molar-refractivity contribution is 9.10. The fourth-order valence-corrected chi connectivity index (χ4v) is 4.32. The zero-order valence-electron chi connectivity index (χ0n) is 11.5. The van der Waals surface area contributed by atoms with Crippen LogP contribution in [0.5, 0.6) is 0 Å². The van der Waals surface area contributed by atoms with Gasteiger partial charge in [-0.3, -0.25) is 9.36 Å². The van der Waals surface area contributed by atoms with Crippen LogP contribution in [0, 0.1) is 5.82 Å². The molecular formula is C15H12BrF3N2O. The lowest BCUT2D eigenvalue weighted by Gasteiger charge is -2.22. The molecule has 1 atom stereocenters. The first-order chi connectivity index (χ1) is 10.3. The predicted octanol–water partition coefficient (Wildman–Crippen LogP) is 3.76. The second-order valence-corrected chi connectivity index (χ2v) is 7.09. The third kappa shape index (κ3) is 1.87. The molecule has 0 radical (unpaired) electrons. The summed E-state index contributed by atoms with van der Waals surface area (Å²) in [6.07, 6.45) is 0.375. The molecule has 0 bridgehead atoms. The number of hydrogen-bond acceptors (Lipinski definition) is 2. The zero-order chi connectivity index (χ0) is 15.7. The Balaban J connectivity index is 2.00. The van der Waals surface area contributed by atoms with Crippen LogP contribution in [0.25, 0.3) is 10.9 Å². The van der Waals surface area contributed by atoms with E-state index in [1.807, 2.05) is 0 Å². The normalized spacial score (nSPS) is 26.0. The van der Waals surface area contributed by atoms with E-state index in [9.17, 15) is 18.0 Å². The minimum Gasteiger partial charge on any atom is -0.296 e. The molecule has 0 N–H and O–H groups in total. The van der Waals surface area contributed by atoms with Crippen molar-refractivity contribution in [3.05, 3.63) is 38.6 Å². The quantitative estimate of drug-likeness (QED) is 0.705. The van der Waals surface area contributed by atoms with Crippen LogP contribution in [0.1, 0.15) is 31.5 Å². The van der Waals surface area contributed by atoms with Gasteiger partial charge < -0.3 is 0 Å². The summed E-state index contributed by atoms with van der Waals surface area (Å²) in [5, 5.41) is 0.178. The van der Waals surface area contributed by atoms with Crippen molar-refractivity contribution in [1.29, 1.82) is 0 Å². The van der Waals surface area contributed by atoms with E-state index >= 15 is 0 Å². The Morgan fingerprint density at radius 2 is 2.00 bits per heavy atom. The van der Waals surface area contributed by atoms with Gasteiger partial charge in [0.2, 0.25) is 5.92 Å². The Hall–Kier alpha value is -1.37. The van der Waals surface area contributed by atoms with Crippen LogP contribution in [0.3, 0.4) is 0 Å². The fourth-order valence-electron chi connectivity index (χ4n) is 3.80. The van der Waals surface area contributed by atoms with Crippen LogP contribution in [-0.2, 0) is 12.0 Å². The topological polar surface area (TPSA) is 34.9 Å². The molecule has 0 amide bonds. The van der Waals surface area contributed by atoms with E-state index in [1.54, 1.807) is 0 Å². The summed E-state index contributed by atoms with van der Waals surface area (Å²) in [6.45, 7) is 0.362. The highest BCUT2D eigenvalue weighted by atomic mass is 79.9. The minimum absolute atomic E-state index is 0.175. The largest absolute Gasteiger partial charge is 0.296 e. The van der Waals surface area contributed by atoms with Crippen molar-refractivity contribution in [1.82, 2.24) is 9.55 Å². The number of rotatable bonds is 0. The lowest BCUT2D eigenvalue weighted by atomic mass is 9.84. The van der Waals surface area contributed by atoms with Gasteiger partial charge in [0.05, 0.1) is 10.9 Å². The number of nitrogens with zero attached hydrogens (tertiary/aromatic N) is 2. The van der Waals surface area contributed by atoms with Gasteiger partial charge in [0.1, 0.15) is 11.6 Å². The summed E-state index contributed by atoms with van der Waals surface area (Å²) in [6, 6.07) is 2.38. The van der Waals surface area contributed by atoms with Crippen LogP contribution in [0.2, 0.25) is 0 Å². The van der Waals surface area contributed by atoms with E-state index in [2.05, 4.69) is 20.9 Å². The second-order valence-electron chi connectivity index (χ2n) is 6.24. The molecule has 1 aromatic carbocycles. The molecule has 2 aliphatic rings. The first kappa shape index (κ1) is 14.2. The van der Waals surface area contributed by atoms with Gasteiger partial charge >= 0.3 is 0 Å². The predicted molar refractivity (Wildman–Crippen MR) is 78.8 cm³/mol. The maximum absolute atomic E-state index is 13.7. The van der Waals surface area contributed by atoms with Crippen LogP contribution in [0.4, 0.5) is 13.2 Å². The number of fused-ring (bicyclic) bond motifs is 3. The van der Waals surface area contributed by atoms with E-state index < -0.39 is 17.2 Å². The highest BCUT2D eigenvalue weighted by Gasteiger charge is 2.54. The fraction of sp³-hybridized carbons (Fsp3) is 0.467. The van der Waals surface area contributed by atoms with E-state index in [0.717, 1.165) is 6.07 Å². The zero-order valence-corrected chi connectivity index (χ0v) is 13.1.